The number of hydrogen-bond acceptors (Lipinski definition) is 3. The van der Waals surface area contributed by atoms with Gasteiger partial charge in [-0.3, -0.25) is 9.89 Å². The van der Waals surface area contributed by atoms with E-state index in [1.54, 1.807) is 18.3 Å². The van der Waals surface area contributed by atoms with Crippen LogP contribution in [0.4, 0.5) is 0 Å². The van der Waals surface area contributed by atoms with Gasteiger partial charge in [-0.1, -0.05) is 6.07 Å². The maximum Gasteiger partial charge on any atom is 0.259 e. The summed E-state index contributed by atoms with van der Waals surface area (Å²) in [5.41, 5.74) is 6.61. The molecule has 1 aromatic heterocycles. The van der Waals surface area contributed by atoms with Crippen LogP contribution in [0.2, 0.25) is 0 Å². The molecule has 0 fully saturated rings. The molecule has 0 unspecified atom stereocenters. The van der Waals surface area contributed by atoms with E-state index in [2.05, 4.69) is 10.2 Å². The van der Waals surface area contributed by atoms with Gasteiger partial charge in [0.15, 0.2) is 0 Å². The van der Waals surface area contributed by atoms with Gasteiger partial charge < -0.3 is 5.73 Å². The van der Waals surface area contributed by atoms with Gasteiger partial charge in [0.25, 0.3) is 5.91 Å². The smallest absolute Gasteiger partial charge is 0.259 e. The van der Waals surface area contributed by atoms with Gasteiger partial charge in [-0.05, 0) is 23.8 Å². The lowest BCUT2D eigenvalue weighted by Gasteiger charge is -1.95. The molecule has 2 rings (SSSR count). The molecule has 16 heavy (non-hydrogen) atoms. The Morgan fingerprint density at radius 2 is 2.38 bits per heavy atom. The molecule has 0 atom stereocenters. The van der Waals surface area contributed by atoms with Crippen LogP contribution in [0.3, 0.4) is 0 Å². The number of H-pyrrole nitrogens is 1. The van der Waals surface area contributed by atoms with Crippen molar-refractivity contribution in [3.05, 3.63) is 35.5 Å². The molecule has 3 N–H and O–H groups in total. The topological polar surface area (TPSA) is 95.6 Å². The van der Waals surface area contributed by atoms with Crippen LogP contribution in [-0.2, 0) is 4.79 Å². The molecule has 2 aromatic rings. The molecule has 1 heterocycles. The Balaban J connectivity index is 2.48. The third-order valence-corrected chi connectivity index (χ3v) is 2.16. The molecule has 0 radical (unpaired) electrons. The van der Waals surface area contributed by atoms with Crippen LogP contribution < -0.4 is 5.73 Å². The number of nitrogens with zero attached hydrogens (tertiary/aromatic N) is 2. The van der Waals surface area contributed by atoms with E-state index in [1.807, 2.05) is 12.1 Å². The van der Waals surface area contributed by atoms with Gasteiger partial charge >= 0.3 is 0 Å². The number of primary amides is 1. The molecular weight excluding hydrogens is 204 g/mol. The first kappa shape index (κ1) is 9.93. The molecule has 0 aliphatic rings. The highest BCUT2D eigenvalue weighted by Crippen LogP contribution is 2.15. The third-order valence-electron chi connectivity index (χ3n) is 2.16. The van der Waals surface area contributed by atoms with Gasteiger partial charge in [-0.25, -0.2) is 0 Å². The fourth-order valence-corrected chi connectivity index (χ4v) is 1.38. The second-order valence-electron chi connectivity index (χ2n) is 3.25. The van der Waals surface area contributed by atoms with E-state index < -0.39 is 5.91 Å². The predicted octanol–water partition coefficient (Wildman–Crippen LogP) is 0.955. The average Bonchev–Trinajstić information content (AvgIpc) is 2.72. The van der Waals surface area contributed by atoms with Crippen molar-refractivity contribution < 1.29 is 4.79 Å². The quantitative estimate of drug-likeness (QED) is 0.573. The number of carbonyl (C=O) groups is 1. The Bertz CT molecular complexity index is 618. The second kappa shape index (κ2) is 3.87. The first-order chi connectivity index (χ1) is 7.70. The molecule has 1 aromatic carbocycles. The van der Waals surface area contributed by atoms with Crippen LogP contribution >= 0.6 is 0 Å². The maximum atomic E-state index is 10.9. The summed E-state index contributed by atoms with van der Waals surface area (Å²) >= 11 is 0. The van der Waals surface area contributed by atoms with Gasteiger partial charge in [-0.15, -0.1) is 0 Å². The van der Waals surface area contributed by atoms with E-state index in [0.29, 0.717) is 0 Å². The van der Waals surface area contributed by atoms with Crippen molar-refractivity contribution in [2.24, 2.45) is 5.73 Å². The first-order valence-corrected chi connectivity index (χ1v) is 4.55. The summed E-state index contributed by atoms with van der Waals surface area (Å²) in [5.74, 6) is -0.727. The number of hydrogen-bond donors (Lipinski definition) is 2. The fourth-order valence-electron chi connectivity index (χ4n) is 1.38. The maximum absolute atomic E-state index is 10.9. The molecule has 5 heteroatoms. The molecule has 0 saturated carbocycles. The van der Waals surface area contributed by atoms with Crippen LogP contribution in [0.5, 0.6) is 0 Å². The number of aromatic amines is 1. The SMILES string of the molecule is N#C/C(=C\c1ccc2[nH]ncc2c1)C(N)=O. The van der Waals surface area contributed by atoms with Crippen LogP contribution in [0.1, 0.15) is 5.56 Å². The lowest BCUT2D eigenvalue weighted by molar-refractivity contribution is -0.114. The average molecular weight is 212 g/mol. The minimum absolute atomic E-state index is 0.0668. The van der Waals surface area contributed by atoms with Crippen molar-refractivity contribution >= 4 is 22.9 Å². The number of nitrogens with two attached hydrogens (primary N) is 1. The number of aromatic nitrogens is 2. The number of nitrogens with one attached hydrogen (secondary N) is 1. The summed E-state index contributed by atoms with van der Waals surface area (Å²) in [4.78, 5) is 10.9. The number of nitriles is 1. The van der Waals surface area contributed by atoms with E-state index >= 15 is 0 Å². The highest BCUT2D eigenvalue weighted by molar-refractivity contribution is 6.00. The molecule has 1 amide bonds. The molecule has 0 saturated heterocycles. The largest absolute Gasteiger partial charge is 0.365 e. The minimum atomic E-state index is -0.727. The molecule has 0 spiro atoms. The zero-order valence-corrected chi connectivity index (χ0v) is 8.27. The Morgan fingerprint density at radius 1 is 1.56 bits per heavy atom. The summed E-state index contributed by atoms with van der Waals surface area (Å²) in [6.45, 7) is 0. The standard InChI is InChI=1S/C11H8N4O/c12-5-8(11(13)16)3-7-1-2-10-9(4-7)6-14-15-10/h1-4,6H,(H2,13,16)(H,14,15)/b8-3+. The number of fused-ring (bicyclic) bond motifs is 1. The van der Waals surface area contributed by atoms with Crippen molar-refractivity contribution in [1.29, 1.82) is 5.26 Å². The van der Waals surface area contributed by atoms with E-state index in [4.69, 9.17) is 11.0 Å². The van der Waals surface area contributed by atoms with Gasteiger partial charge in [0, 0.05) is 5.39 Å². The van der Waals surface area contributed by atoms with Crippen LogP contribution in [0.25, 0.3) is 17.0 Å². The van der Waals surface area contributed by atoms with Gasteiger partial charge in [0.2, 0.25) is 0 Å². The zero-order chi connectivity index (χ0) is 11.5. The highest BCUT2D eigenvalue weighted by atomic mass is 16.1. The molecule has 0 aliphatic carbocycles. The summed E-state index contributed by atoms with van der Waals surface area (Å²) < 4.78 is 0. The molecular formula is C11H8N4O. The van der Waals surface area contributed by atoms with Gasteiger partial charge in [0.05, 0.1) is 11.7 Å². The van der Waals surface area contributed by atoms with Crippen molar-refractivity contribution in [1.82, 2.24) is 10.2 Å². The summed E-state index contributed by atoms with van der Waals surface area (Å²) in [6.07, 6.45) is 3.12. The lowest BCUT2D eigenvalue weighted by Crippen LogP contribution is -2.12. The normalized spacial score (nSPS) is 11.3. The van der Waals surface area contributed by atoms with Gasteiger partial charge in [-0.2, -0.15) is 10.4 Å². The summed E-state index contributed by atoms with van der Waals surface area (Å²) in [5, 5.41) is 16.3. The van der Waals surface area contributed by atoms with E-state index in [-0.39, 0.29) is 5.57 Å². The van der Waals surface area contributed by atoms with Crippen molar-refractivity contribution in [2.45, 2.75) is 0 Å². The van der Waals surface area contributed by atoms with E-state index in [9.17, 15) is 4.79 Å². The summed E-state index contributed by atoms with van der Waals surface area (Å²) in [7, 11) is 0. The zero-order valence-electron chi connectivity index (χ0n) is 8.27. The Hall–Kier alpha value is -2.61. The number of amides is 1. The van der Waals surface area contributed by atoms with Crippen molar-refractivity contribution in [2.75, 3.05) is 0 Å². The Labute approximate surface area is 91.2 Å². The predicted molar refractivity (Wildman–Crippen MR) is 58.9 cm³/mol. The Morgan fingerprint density at radius 3 is 3.06 bits per heavy atom. The molecule has 0 bridgehead atoms. The molecule has 0 aliphatic heterocycles. The van der Waals surface area contributed by atoms with Crippen LogP contribution in [-0.4, -0.2) is 16.1 Å². The number of rotatable bonds is 2. The van der Waals surface area contributed by atoms with E-state index in [1.165, 1.54) is 6.08 Å². The lowest BCUT2D eigenvalue weighted by atomic mass is 10.1. The number of benzene rings is 1. The first-order valence-electron chi connectivity index (χ1n) is 4.55. The Kier molecular flexibility index (Phi) is 2.40. The number of carbonyl (C=O) groups excluding carboxylic acids is 1. The van der Waals surface area contributed by atoms with E-state index in [0.717, 1.165) is 16.5 Å². The third kappa shape index (κ3) is 1.77. The molecule has 78 valence electrons. The second-order valence-corrected chi connectivity index (χ2v) is 3.25. The van der Waals surface area contributed by atoms with Crippen LogP contribution in [0, 0.1) is 11.3 Å². The monoisotopic (exact) mass is 212 g/mol. The van der Waals surface area contributed by atoms with Crippen molar-refractivity contribution in [3.8, 4) is 6.07 Å². The van der Waals surface area contributed by atoms with Crippen LogP contribution in [0.15, 0.2) is 30.0 Å². The van der Waals surface area contributed by atoms with Crippen molar-refractivity contribution in [3.63, 3.8) is 0 Å². The fraction of sp³-hybridized carbons (Fsp3) is 0. The summed E-state index contributed by atoms with van der Waals surface area (Å²) in [6, 6.07) is 7.18. The molecule has 5 nitrogen and oxygen atoms in total. The highest BCUT2D eigenvalue weighted by Gasteiger charge is 2.03. The minimum Gasteiger partial charge on any atom is -0.365 e. The van der Waals surface area contributed by atoms with Gasteiger partial charge in [0.1, 0.15) is 11.6 Å².